The van der Waals surface area contributed by atoms with Gasteiger partial charge in [-0.3, -0.25) is 4.79 Å². The van der Waals surface area contributed by atoms with Crippen molar-refractivity contribution in [3.63, 3.8) is 0 Å². The zero-order chi connectivity index (χ0) is 13.8. The molecule has 0 aliphatic heterocycles. The molecule has 4 heteroatoms. The van der Waals surface area contributed by atoms with E-state index >= 15 is 0 Å². The molecule has 94 valence electrons. The molecule has 0 aliphatic rings. The van der Waals surface area contributed by atoms with Crippen LogP contribution in [0.5, 0.6) is 0 Å². The smallest absolute Gasteiger partial charge is 0.249 e. The lowest BCUT2D eigenvalue weighted by Crippen LogP contribution is -2.14. The van der Waals surface area contributed by atoms with Crippen molar-refractivity contribution in [2.24, 2.45) is 5.73 Å². The largest absolute Gasteiger partial charge is 0.366 e. The molecule has 19 heavy (non-hydrogen) atoms. The van der Waals surface area contributed by atoms with Gasteiger partial charge >= 0.3 is 0 Å². The molecule has 1 amide bonds. The fourth-order valence-electron chi connectivity index (χ4n) is 1.87. The normalized spacial score (nSPS) is 9.89. The topological polar surface area (TPSA) is 66.9 Å². The Bertz CT molecular complexity index is 657. The number of carbonyl (C=O) groups excluding carboxylic acids is 1. The van der Waals surface area contributed by atoms with Crippen molar-refractivity contribution in [1.82, 2.24) is 0 Å². The summed E-state index contributed by atoms with van der Waals surface area (Å²) in [5, 5.41) is 9.26. The number of rotatable bonds is 3. The van der Waals surface area contributed by atoms with Crippen molar-refractivity contribution in [3.05, 3.63) is 69.7 Å². The first-order valence-corrected chi connectivity index (χ1v) is 6.06. The van der Waals surface area contributed by atoms with E-state index in [2.05, 4.69) is 6.07 Å². The van der Waals surface area contributed by atoms with E-state index in [-0.39, 0.29) is 0 Å². The van der Waals surface area contributed by atoms with E-state index in [4.69, 9.17) is 22.6 Å². The number of primary amides is 1. The fourth-order valence-corrected chi connectivity index (χ4v) is 2.11. The Labute approximate surface area is 116 Å². The Morgan fingerprint density at radius 1 is 1.21 bits per heavy atom. The van der Waals surface area contributed by atoms with Gasteiger partial charge in [-0.1, -0.05) is 29.8 Å². The molecule has 0 heterocycles. The highest BCUT2D eigenvalue weighted by Gasteiger charge is 2.11. The number of benzene rings is 2. The van der Waals surface area contributed by atoms with E-state index in [1.54, 1.807) is 30.3 Å². The number of hydrogen-bond donors (Lipinski definition) is 1. The highest BCUT2D eigenvalue weighted by molar-refractivity contribution is 6.31. The average molecular weight is 271 g/mol. The van der Waals surface area contributed by atoms with Crippen LogP contribution < -0.4 is 5.73 Å². The molecular formula is C15H11ClN2O. The van der Waals surface area contributed by atoms with Gasteiger partial charge in [-0.15, -0.1) is 0 Å². The Kier molecular flexibility index (Phi) is 3.84. The highest BCUT2D eigenvalue weighted by Crippen LogP contribution is 2.23. The summed E-state index contributed by atoms with van der Waals surface area (Å²) in [4.78, 5) is 11.4. The molecule has 0 radical (unpaired) electrons. The molecule has 2 aromatic rings. The van der Waals surface area contributed by atoms with E-state index in [1.807, 2.05) is 12.1 Å². The summed E-state index contributed by atoms with van der Waals surface area (Å²) < 4.78 is 0. The van der Waals surface area contributed by atoms with Gasteiger partial charge in [-0.05, 0) is 41.8 Å². The summed E-state index contributed by atoms with van der Waals surface area (Å²) >= 11 is 6.12. The third kappa shape index (κ3) is 2.93. The maximum absolute atomic E-state index is 11.4. The van der Waals surface area contributed by atoms with E-state index in [0.717, 1.165) is 5.56 Å². The first-order chi connectivity index (χ1) is 9.11. The second-order valence-corrected chi connectivity index (χ2v) is 4.52. The number of nitrogens with zero attached hydrogens (tertiary/aromatic N) is 1. The summed E-state index contributed by atoms with van der Waals surface area (Å²) in [5.74, 6) is -0.494. The lowest BCUT2D eigenvalue weighted by Gasteiger charge is -2.09. The Morgan fingerprint density at radius 2 is 1.89 bits per heavy atom. The van der Waals surface area contributed by atoms with Crippen LogP contribution in [-0.4, -0.2) is 5.91 Å². The van der Waals surface area contributed by atoms with Crippen LogP contribution in [0.25, 0.3) is 0 Å². The standard InChI is InChI=1S/C15H11ClN2O/c16-14-3-1-2-12(15(18)19)13(14)8-10-4-6-11(9-17)7-5-10/h1-7H,8H2,(H2,18,19). The zero-order valence-corrected chi connectivity index (χ0v) is 10.8. The molecule has 0 bridgehead atoms. The van der Waals surface area contributed by atoms with Gasteiger partial charge in [0.2, 0.25) is 5.91 Å². The van der Waals surface area contributed by atoms with Crippen LogP contribution in [0.2, 0.25) is 5.02 Å². The first-order valence-electron chi connectivity index (χ1n) is 5.68. The number of nitrogens with two attached hydrogens (primary N) is 1. The third-order valence-corrected chi connectivity index (χ3v) is 3.20. The molecular weight excluding hydrogens is 260 g/mol. The Hall–Kier alpha value is -2.31. The van der Waals surface area contributed by atoms with E-state index in [1.165, 1.54) is 0 Å². The molecule has 3 nitrogen and oxygen atoms in total. The molecule has 0 saturated carbocycles. The maximum atomic E-state index is 11.4. The molecule has 2 N–H and O–H groups in total. The van der Waals surface area contributed by atoms with Crippen LogP contribution in [0.15, 0.2) is 42.5 Å². The quantitative estimate of drug-likeness (QED) is 0.932. The minimum atomic E-state index is -0.494. The molecule has 2 rings (SSSR count). The zero-order valence-electron chi connectivity index (χ0n) is 10.1. The summed E-state index contributed by atoms with van der Waals surface area (Å²) in [7, 11) is 0. The number of carbonyl (C=O) groups is 1. The van der Waals surface area contributed by atoms with Crippen LogP contribution in [-0.2, 0) is 6.42 Å². The highest BCUT2D eigenvalue weighted by atomic mass is 35.5. The van der Waals surface area contributed by atoms with Crippen LogP contribution in [0.4, 0.5) is 0 Å². The van der Waals surface area contributed by atoms with Gasteiger partial charge in [0.1, 0.15) is 0 Å². The number of amides is 1. The van der Waals surface area contributed by atoms with Crippen LogP contribution in [0.3, 0.4) is 0 Å². The van der Waals surface area contributed by atoms with Gasteiger partial charge in [-0.25, -0.2) is 0 Å². The van der Waals surface area contributed by atoms with Crippen molar-refractivity contribution in [1.29, 1.82) is 5.26 Å². The predicted octanol–water partition coefficient (Wildman–Crippen LogP) is 2.90. The molecule has 0 unspecified atom stereocenters. The lowest BCUT2D eigenvalue weighted by molar-refractivity contribution is 0.0999. The molecule has 0 saturated heterocycles. The molecule has 0 atom stereocenters. The van der Waals surface area contributed by atoms with Gasteiger partial charge in [-0.2, -0.15) is 5.26 Å². The first kappa shape index (κ1) is 13.1. The number of halogens is 1. The third-order valence-electron chi connectivity index (χ3n) is 2.85. The van der Waals surface area contributed by atoms with Crippen molar-refractivity contribution >= 4 is 17.5 Å². The van der Waals surface area contributed by atoms with Gasteiger partial charge in [0.05, 0.1) is 11.6 Å². The number of hydrogen-bond acceptors (Lipinski definition) is 2. The van der Waals surface area contributed by atoms with Gasteiger partial charge < -0.3 is 5.73 Å². The minimum Gasteiger partial charge on any atom is -0.366 e. The molecule has 0 aliphatic carbocycles. The molecule has 0 spiro atoms. The minimum absolute atomic E-state index is 0.428. The Morgan fingerprint density at radius 3 is 2.47 bits per heavy atom. The van der Waals surface area contributed by atoms with Crippen LogP contribution >= 0.6 is 11.6 Å². The van der Waals surface area contributed by atoms with Crippen LogP contribution in [0, 0.1) is 11.3 Å². The second-order valence-electron chi connectivity index (χ2n) is 4.12. The van der Waals surface area contributed by atoms with Crippen molar-refractivity contribution < 1.29 is 4.79 Å². The van der Waals surface area contributed by atoms with Crippen molar-refractivity contribution in [2.45, 2.75) is 6.42 Å². The average Bonchev–Trinajstić information content (AvgIpc) is 2.41. The summed E-state index contributed by atoms with van der Waals surface area (Å²) in [6.07, 6.45) is 0.504. The Balaban J connectivity index is 2.37. The monoisotopic (exact) mass is 270 g/mol. The molecule has 0 fully saturated rings. The van der Waals surface area contributed by atoms with Gasteiger partial charge in [0.15, 0.2) is 0 Å². The summed E-state index contributed by atoms with van der Waals surface area (Å²) in [5.41, 5.74) is 8.04. The second kappa shape index (κ2) is 5.55. The SMILES string of the molecule is N#Cc1ccc(Cc2c(Cl)cccc2C(N)=O)cc1. The fraction of sp³-hybridized carbons (Fsp3) is 0.0667. The van der Waals surface area contributed by atoms with E-state index < -0.39 is 5.91 Å². The maximum Gasteiger partial charge on any atom is 0.249 e. The van der Waals surface area contributed by atoms with Crippen LogP contribution in [0.1, 0.15) is 27.0 Å². The van der Waals surface area contributed by atoms with Crippen molar-refractivity contribution in [3.8, 4) is 6.07 Å². The van der Waals surface area contributed by atoms with Gasteiger partial charge in [0.25, 0.3) is 0 Å². The van der Waals surface area contributed by atoms with E-state index in [0.29, 0.717) is 28.1 Å². The lowest BCUT2D eigenvalue weighted by atomic mass is 9.98. The summed E-state index contributed by atoms with van der Waals surface area (Å²) in [6.45, 7) is 0. The predicted molar refractivity (Wildman–Crippen MR) is 73.9 cm³/mol. The molecule has 2 aromatic carbocycles. The van der Waals surface area contributed by atoms with Crippen molar-refractivity contribution in [2.75, 3.05) is 0 Å². The molecule has 0 aromatic heterocycles. The number of nitriles is 1. The van der Waals surface area contributed by atoms with Gasteiger partial charge in [0, 0.05) is 10.6 Å². The van der Waals surface area contributed by atoms with E-state index in [9.17, 15) is 4.79 Å². The summed E-state index contributed by atoms with van der Waals surface area (Å²) in [6, 6.07) is 14.3.